The molecular formula is C11H23N5S. The Hall–Kier alpha value is -0.620. The zero-order valence-electron chi connectivity index (χ0n) is 11.2. The van der Waals surface area contributed by atoms with Crippen molar-refractivity contribution in [3.05, 3.63) is 5.82 Å². The first-order chi connectivity index (χ1) is 8.11. The van der Waals surface area contributed by atoms with Gasteiger partial charge in [0.05, 0.1) is 7.05 Å². The van der Waals surface area contributed by atoms with Crippen LogP contribution in [0.15, 0.2) is 0 Å². The van der Waals surface area contributed by atoms with Crippen molar-refractivity contribution < 1.29 is 0 Å². The lowest BCUT2D eigenvalue weighted by Crippen LogP contribution is -2.34. The SMILES string of the molecule is CCCNC(CSC(C)C)Cc1nnn(C)n1. The number of thioether (sulfide) groups is 1. The summed E-state index contributed by atoms with van der Waals surface area (Å²) < 4.78 is 0. The Kier molecular flexibility index (Phi) is 6.50. The summed E-state index contributed by atoms with van der Waals surface area (Å²) in [7, 11) is 1.80. The van der Waals surface area contributed by atoms with E-state index in [1.165, 1.54) is 4.80 Å². The van der Waals surface area contributed by atoms with E-state index in [4.69, 9.17) is 0 Å². The van der Waals surface area contributed by atoms with Crippen LogP contribution in [0.3, 0.4) is 0 Å². The number of nitrogens with one attached hydrogen (secondary N) is 1. The van der Waals surface area contributed by atoms with E-state index in [2.05, 4.69) is 41.5 Å². The predicted octanol–water partition coefficient (Wildman–Crippen LogP) is 1.26. The van der Waals surface area contributed by atoms with Crippen molar-refractivity contribution in [2.75, 3.05) is 12.3 Å². The minimum absolute atomic E-state index is 0.437. The van der Waals surface area contributed by atoms with Gasteiger partial charge < -0.3 is 5.32 Å². The summed E-state index contributed by atoms with van der Waals surface area (Å²) in [6, 6.07) is 0.437. The van der Waals surface area contributed by atoms with Crippen LogP contribution in [0, 0.1) is 0 Å². The Labute approximate surface area is 108 Å². The number of hydrogen-bond acceptors (Lipinski definition) is 5. The Morgan fingerprint density at radius 3 is 2.71 bits per heavy atom. The summed E-state index contributed by atoms with van der Waals surface area (Å²) in [5.41, 5.74) is 0. The summed E-state index contributed by atoms with van der Waals surface area (Å²) in [5, 5.41) is 16.3. The second kappa shape index (κ2) is 7.66. The van der Waals surface area contributed by atoms with Crippen molar-refractivity contribution in [3.63, 3.8) is 0 Å². The molecule has 0 radical (unpaired) electrons. The van der Waals surface area contributed by atoms with Crippen LogP contribution in [0.2, 0.25) is 0 Å². The Balaban J connectivity index is 2.44. The fourth-order valence-electron chi connectivity index (χ4n) is 1.47. The predicted molar refractivity (Wildman–Crippen MR) is 72.2 cm³/mol. The van der Waals surface area contributed by atoms with Gasteiger partial charge in [-0.25, -0.2) is 0 Å². The van der Waals surface area contributed by atoms with Crippen LogP contribution in [-0.2, 0) is 13.5 Å². The first-order valence-corrected chi connectivity index (χ1v) is 7.24. The average Bonchev–Trinajstić information content (AvgIpc) is 2.68. The van der Waals surface area contributed by atoms with Crippen LogP contribution in [0.1, 0.15) is 33.0 Å². The fourth-order valence-corrected chi connectivity index (χ4v) is 2.33. The van der Waals surface area contributed by atoms with Gasteiger partial charge in [-0.3, -0.25) is 0 Å². The molecule has 98 valence electrons. The highest BCUT2D eigenvalue weighted by Gasteiger charge is 2.13. The van der Waals surface area contributed by atoms with Crippen LogP contribution in [0.4, 0.5) is 0 Å². The van der Waals surface area contributed by atoms with E-state index in [-0.39, 0.29) is 0 Å². The average molecular weight is 257 g/mol. The van der Waals surface area contributed by atoms with Crippen LogP contribution < -0.4 is 5.32 Å². The van der Waals surface area contributed by atoms with Gasteiger partial charge in [0.15, 0.2) is 5.82 Å². The molecule has 0 aromatic carbocycles. The van der Waals surface area contributed by atoms with Crippen molar-refractivity contribution >= 4 is 11.8 Å². The lowest BCUT2D eigenvalue weighted by molar-refractivity contribution is 0.536. The molecule has 1 aromatic heterocycles. The van der Waals surface area contributed by atoms with Crippen LogP contribution in [0.5, 0.6) is 0 Å². The van der Waals surface area contributed by atoms with Gasteiger partial charge in [-0.2, -0.15) is 16.6 Å². The summed E-state index contributed by atoms with van der Waals surface area (Å²) in [6.07, 6.45) is 2.00. The lowest BCUT2D eigenvalue weighted by Gasteiger charge is -2.17. The number of rotatable bonds is 8. The molecule has 1 aromatic rings. The van der Waals surface area contributed by atoms with Crippen molar-refractivity contribution in [2.45, 2.75) is 44.9 Å². The number of aromatic nitrogens is 4. The molecule has 1 N–H and O–H groups in total. The van der Waals surface area contributed by atoms with E-state index < -0.39 is 0 Å². The smallest absolute Gasteiger partial charge is 0.176 e. The Morgan fingerprint density at radius 2 is 2.18 bits per heavy atom. The molecular weight excluding hydrogens is 234 g/mol. The largest absolute Gasteiger partial charge is 0.313 e. The van der Waals surface area contributed by atoms with E-state index in [1.54, 1.807) is 7.05 Å². The third kappa shape index (κ3) is 6.02. The zero-order chi connectivity index (χ0) is 12.7. The van der Waals surface area contributed by atoms with Crippen molar-refractivity contribution in [2.24, 2.45) is 7.05 Å². The molecule has 1 rings (SSSR count). The highest BCUT2D eigenvalue weighted by atomic mass is 32.2. The summed E-state index contributed by atoms with van der Waals surface area (Å²) in [5.74, 6) is 1.92. The van der Waals surface area contributed by atoms with Crippen LogP contribution in [0.25, 0.3) is 0 Å². The van der Waals surface area contributed by atoms with Gasteiger partial charge in [0.1, 0.15) is 0 Å². The maximum atomic E-state index is 4.23. The normalized spacial score (nSPS) is 13.2. The van der Waals surface area contributed by atoms with E-state index in [0.29, 0.717) is 11.3 Å². The van der Waals surface area contributed by atoms with Crippen LogP contribution in [-0.4, -0.2) is 43.8 Å². The molecule has 0 aliphatic carbocycles. The molecule has 0 spiro atoms. The lowest BCUT2D eigenvalue weighted by atomic mass is 10.2. The highest BCUT2D eigenvalue weighted by Crippen LogP contribution is 2.12. The highest BCUT2D eigenvalue weighted by molar-refractivity contribution is 7.99. The van der Waals surface area contributed by atoms with E-state index in [1.807, 2.05) is 11.8 Å². The summed E-state index contributed by atoms with van der Waals surface area (Å²) >= 11 is 1.97. The molecule has 5 nitrogen and oxygen atoms in total. The molecule has 1 unspecified atom stereocenters. The number of hydrogen-bond donors (Lipinski definition) is 1. The molecule has 0 aliphatic rings. The van der Waals surface area contributed by atoms with Gasteiger partial charge in [-0.15, -0.1) is 10.2 Å². The first kappa shape index (κ1) is 14.4. The molecule has 0 amide bonds. The van der Waals surface area contributed by atoms with Gasteiger partial charge in [-0.1, -0.05) is 20.8 Å². The van der Waals surface area contributed by atoms with E-state index in [0.717, 1.165) is 31.0 Å². The Morgan fingerprint density at radius 1 is 1.41 bits per heavy atom. The van der Waals surface area contributed by atoms with E-state index in [9.17, 15) is 0 Å². The molecule has 0 fully saturated rings. The van der Waals surface area contributed by atoms with Gasteiger partial charge in [-0.05, 0) is 23.4 Å². The zero-order valence-corrected chi connectivity index (χ0v) is 12.0. The number of tetrazole rings is 1. The maximum Gasteiger partial charge on any atom is 0.176 e. The monoisotopic (exact) mass is 257 g/mol. The molecule has 1 heterocycles. The molecule has 0 aliphatic heterocycles. The maximum absolute atomic E-state index is 4.23. The van der Waals surface area contributed by atoms with Crippen molar-refractivity contribution in [3.8, 4) is 0 Å². The second-order valence-corrected chi connectivity index (χ2v) is 6.04. The minimum atomic E-state index is 0.437. The molecule has 0 saturated heterocycles. The molecule has 17 heavy (non-hydrogen) atoms. The van der Waals surface area contributed by atoms with Gasteiger partial charge in [0.25, 0.3) is 0 Å². The van der Waals surface area contributed by atoms with Gasteiger partial charge >= 0.3 is 0 Å². The molecule has 0 bridgehead atoms. The summed E-state index contributed by atoms with van der Waals surface area (Å²) in [6.45, 7) is 7.67. The standard InChI is InChI=1S/C11H23N5S/c1-5-6-12-10(8-17-9(2)3)7-11-13-15-16(4)14-11/h9-10,12H,5-8H2,1-4H3. The number of nitrogens with zero attached hydrogens (tertiary/aromatic N) is 4. The third-order valence-corrected chi connectivity index (χ3v) is 3.55. The summed E-state index contributed by atoms with van der Waals surface area (Å²) in [4.78, 5) is 1.52. The first-order valence-electron chi connectivity index (χ1n) is 6.19. The van der Waals surface area contributed by atoms with Crippen molar-refractivity contribution in [1.82, 2.24) is 25.5 Å². The molecule has 1 atom stereocenters. The second-order valence-electron chi connectivity index (χ2n) is 4.43. The van der Waals surface area contributed by atoms with Gasteiger partial charge in [0.2, 0.25) is 0 Å². The van der Waals surface area contributed by atoms with Crippen LogP contribution >= 0.6 is 11.8 Å². The number of aryl methyl sites for hydroxylation is 1. The topological polar surface area (TPSA) is 55.6 Å². The molecule has 0 saturated carbocycles. The Bertz CT molecular complexity index is 313. The van der Waals surface area contributed by atoms with E-state index >= 15 is 0 Å². The third-order valence-electron chi connectivity index (χ3n) is 2.29. The van der Waals surface area contributed by atoms with Gasteiger partial charge in [0, 0.05) is 18.2 Å². The fraction of sp³-hybridized carbons (Fsp3) is 0.909. The van der Waals surface area contributed by atoms with Crippen molar-refractivity contribution in [1.29, 1.82) is 0 Å². The minimum Gasteiger partial charge on any atom is -0.313 e. The molecule has 6 heteroatoms. The quantitative estimate of drug-likeness (QED) is 0.760.